The number of nitrogens with zero attached hydrogens (tertiary/aromatic N) is 1. The molecule has 2 heterocycles. The molecule has 2 aliphatic rings. The third-order valence-corrected chi connectivity index (χ3v) is 7.94. The van der Waals surface area contributed by atoms with E-state index in [0.717, 1.165) is 24.2 Å². The van der Waals surface area contributed by atoms with Gasteiger partial charge in [0.05, 0.1) is 29.1 Å². The molecule has 0 bridgehead atoms. The lowest BCUT2D eigenvalue weighted by molar-refractivity contribution is -0.123. The SMILES string of the molecule is CCCCCCOc1ccccc1/C=C1\SC(=S)N([C@H]2CCS(=O)(=O)C2)C1=O. The molecule has 0 N–H and O–H groups in total. The zero-order valence-electron chi connectivity index (χ0n) is 15.9. The van der Waals surface area contributed by atoms with Gasteiger partial charge in [0.2, 0.25) is 0 Å². The molecule has 8 heteroatoms. The highest BCUT2D eigenvalue weighted by molar-refractivity contribution is 8.26. The van der Waals surface area contributed by atoms with Crippen molar-refractivity contribution in [2.75, 3.05) is 18.1 Å². The van der Waals surface area contributed by atoms with Crippen LogP contribution in [0.1, 0.15) is 44.6 Å². The normalized spacial score (nSPS) is 23.0. The van der Waals surface area contributed by atoms with Crippen molar-refractivity contribution < 1.29 is 17.9 Å². The molecule has 0 unspecified atom stereocenters. The first-order valence-electron chi connectivity index (χ1n) is 9.60. The summed E-state index contributed by atoms with van der Waals surface area (Å²) in [6.07, 6.45) is 6.76. The summed E-state index contributed by atoms with van der Waals surface area (Å²) >= 11 is 6.59. The number of carbonyl (C=O) groups excluding carboxylic acids is 1. The highest BCUT2D eigenvalue weighted by Crippen LogP contribution is 2.37. The van der Waals surface area contributed by atoms with Gasteiger partial charge in [-0.1, -0.05) is 68.4 Å². The van der Waals surface area contributed by atoms with Gasteiger partial charge in [-0.25, -0.2) is 8.42 Å². The van der Waals surface area contributed by atoms with E-state index in [1.807, 2.05) is 24.3 Å². The van der Waals surface area contributed by atoms with E-state index in [2.05, 4.69) is 6.92 Å². The minimum Gasteiger partial charge on any atom is -0.493 e. The second-order valence-corrected chi connectivity index (χ2v) is 11.0. The van der Waals surface area contributed by atoms with Crippen LogP contribution in [-0.4, -0.2) is 47.7 Å². The molecule has 0 radical (unpaired) electrons. The maximum Gasteiger partial charge on any atom is 0.266 e. The van der Waals surface area contributed by atoms with Crippen LogP contribution in [0.3, 0.4) is 0 Å². The Morgan fingerprint density at radius 2 is 2.07 bits per heavy atom. The van der Waals surface area contributed by atoms with E-state index in [4.69, 9.17) is 17.0 Å². The van der Waals surface area contributed by atoms with E-state index >= 15 is 0 Å². The molecule has 0 spiro atoms. The maximum atomic E-state index is 12.9. The van der Waals surface area contributed by atoms with E-state index in [0.29, 0.717) is 22.3 Å². The number of unbranched alkanes of at least 4 members (excludes halogenated alkanes) is 3. The van der Waals surface area contributed by atoms with Gasteiger partial charge in [-0.3, -0.25) is 9.69 Å². The molecule has 0 aliphatic carbocycles. The third-order valence-electron chi connectivity index (χ3n) is 4.86. The number of amides is 1. The number of hydrogen-bond acceptors (Lipinski definition) is 6. The van der Waals surface area contributed by atoms with E-state index in [-0.39, 0.29) is 23.5 Å². The average molecular weight is 440 g/mol. The number of para-hydroxylation sites is 1. The largest absolute Gasteiger partial charge is 0.493 e. The fraction of sp³-hybridized carbons (Fsp3) is 0.500. The number of thioether (sulfide) groups is 1. The fourth-order valence-electron chi connectivity index (χ4n) is 3.36. The summed E-state index contributed by atoms with van der Waals surface area (Å²) in [6.45, 7) is 2.82. The van der Waals surface area contributed by atoms with Crippen LogP contribution >= 0.6 is 24.0 Å². The summed E-state index contributed by atoms with van der Waals surface area (Å²) in [4.78, 5) is 14.9. The van der Waals surface area contributed by atoms with Crippen LogP contribution < -0.4 is 4.74 Å². The second-order valence-electron chi connectivity index (χ2n) is 7.06. The van der Waals surface area contributed by atoms with E-state index < -0.39 is 9.84 Å². The number of hydrogen-bond donors (Lipinski definition) is 0. The molecule has 1 aromatic rings. The van der Waals surface area contributed by atoms with Gasteiger partial charge >= 0.3 is 0 Å². The van der Waals surface area contributed by atoms with Crippen molar-refractivity contribution in [3.05, 3.63) is 34.7 Å². The van der Waals surface area contributed by atoms with Crippen molar-refractivity contribution in [3.8, 4) is 5.75 Å². The van der Waals surface area contributed by atoms with Crippen molar-refractivity contribution in [1.82, 2.24) is 4.90 Å². The molecule has 2 fully saturated rings. The predicted molar refractivity (Wildman–Crippen MR) is 118 cm³/mol. The second kappa shape index (κ2) is 9.41. The highest BCUT2D eigenvalue weighted by Gasteiger charge is 2.42. The first kappa shape index (κ1) is 21.3. The molecule has 1 atom stereocenters. The molecule has 1 amide bonds. The van der Waals surface area contributed by atoms with Gasteiger partial charge in [-0.2, -0.15) is 0 Å². The molecule has 28 heavy (non-hydrogen) atoms. The van der Waals surface area contributed by atoms with Gasteiger partial charge in [-0.15, -0.1) is 0 Å². The fourth-order valence-corrected chi connectivity index (χ4v) is 6.45. The molecule has 1 aromatic carbocycles. The van der Waals surface area contributed by atoms with Gasteiger partial charge < -0.3 is 4.74 Å². The summed E-state index contributed by atoms with van der Waals surface area (Å²) in [6, 6.07) is 7.27. The van der Waals surface area contributed by atoms with Crippen molar-refractivity contribution in [1.29, 1.82) is 0 Å². The van der Waals surface area contributed by atoms with E-state index in [1.165, 1.54) is 29.5 Å². The van der Waals surface area contributed by atoms with Gasteiger partial charge in [0, 0.05) is 5.56 Å². The molecule has 3 rings (SSSR count). The molecular formula is C20H25NO4S3. The van der Waals surface area contributed by atoms with Crippen LogP contribution in [0.2, 0.25) is 0 Å². The molecule has 5 nitrogen and oxygen atoms in total. The minimum atomic E-state index is -3.08. The van der Waals surface area contributed by atoms with Crippen LogP contribution in [0.4, 0.5) is 0 Å². The smallest absolute Gasteiger partial charge is 0.266 e. The quantitative estimate of drug-likeness (QED) is 0.346. The summed E-state index contributed by atoms with van der Waals surface area (Å²) in [5.41, 5.74) is 0.831. The third kappa shape index (κ3) is 5.15. The van der Waals surface area contributed by atoms with E-state index in [9.17, 15) is 13.2 Å². The van der Waals surface area contributed by atoms with Crippen LogP contribution in [0, 0.1) is 0 Å². The Hall–Kier alpha value is -1.38. The zero-order valence-corrected chi connectivity index (χ0v) is 18.4. The van der Waals surface area contributed by atoms with Crippen LogP contribution in [0.5, 0.6) is 5.75 Å². The Morgan fingerprint density at radius 1 is 1.29 bits per heavy atom. The number of sulfone groups is 1. The van der Waals surface area contributed by atoms with Crippen molar-refractivity contribution in [3.63, 3.8) is 0 Å². The first-order valence-corrected chi connectivity index (χ1v) is 12.6. The monoisotopic (exact) mass is 439 g/mol. The van der Waals surface area contributed by atoms with Crippen LogP contribution in [0.25, 0.3) is 6.08 Å². The van der Waals surface area contributed by atoms with Gasteiger partial charge in [0.25, 0.3) is 5.91 Å². The van der Waals surface area contributed by atoms with Gasteiger partial charge in [-0.05, 0) is 25.0 Å². The zero-order chi connectivity index (χ0) is 20.1. The Bertz CT molecular complexity index is 879. The first-order chi connectivity index (χ1) is 13.4. The van der Waals surface area contributed by atoms with E-state index in [1.54, 1.807) is 6.08 Å². The molecule has 0 aromatic heterocycles. The van der Waals surface area contributed by atoms with Gasteiger partial charge in [0.1, 0.15) is 10.1 Å². The molecular weight excluding hydrogens is 414 g/mol. The van der Waals surface area contributed by atoms with Crippen molar-refractivity contribution in [2.45, 2.75) is 45.1 Å². The molecule has 2 saturated heterocycles. The number of carbonyl (C=O) groups is 1. The standard InChI is InChI=1S/C20H25NO4S3/c1-2-3-4-7-11-25-17-9-6-5-8-15(17)13-18-19(22)21(20(26)27-18)16-10-12-28(23,24)14-16/h5-6,8-9,13,16H,2-4,7,10-12,14H2,1H3/b18-13-/t16-/m0/s1. The Labute approximate surface area is 176 Å². The summed E-state index contributed by atoms with van der Waals surface area (Å²) in [5.74, 6) is 0.634. The average Bonchev–Trinajstić information content (AvgIpc) is 3.14. The van der Waals surface area contributed by atoms with Crippen molar-refractivity contribution >= 4 is 50.1 Å². The molecule has 0 saturated carbocycles. The van der Waals surface area contributed by atoms with Crippen LogP contribution in [-0.2, 0) is 14.6 Å². The lowest BCUT2D eigenvalue weighted by Gasteiger charge is -2.20. The predicted octanol–water partition coefficient (Wildman–Crippen LogP) is 4.03. The number of thiocarbonyl (C=S) groups is 1. The number of rotatable bonds is 8. The number of benzene rings is 1. The lowest BCUT2D eigenvalue weighted by atomic mass is 10.1. The Kier molecular flexibility index (Phi) is 7.17. The highest BCUT2D eigenvalue weighted by atomic mass is 32.2. The Morgan fingerprint density at radius 3 is 2.79 bits per heavy atom. The maximum absolute atomic E-state index is 12.9. The molecule has 152 valence electrons. The Balaban J connectivity index is 1.72. The number of ether oxygens (including phenoxy) is 1. The van der Waals surface area contributed by atoms with Crippen LogP contribution in [0.15, 0.2) is 29.2 Å². The topological polar surface area (TPSA) is 63.7 Å². The van der Waals surface area contributed by atoms with Crippen molar-refractivity contribution in [2.24, 2.45) is 0 Å². The minimum absolute atomic E-state index is 0.00974. The summed E-state index contributed by atoms with van der Waals surface area (Å²) in [7, 11) is -3.08. The molecule has 2 aliphatic heterocycles. The summed E-state index contributed by atoms with van der Waals surface area (Å²) in [5, 5.41) is 0. The lowest BCUT2D eigenvalue weighted by Crippen LogP contribution is -2.39. The van der Waals surface area contributed by atoms with Gasteiger partial charge in [0.15, 0.2) is 9.84 Å². The summed E-state index contributed by atoms with van der Waals surface area (Å²) < 4.78 is 29.9.